The predicted octanol–water partition coefficient (Wildman–Crippen LogP) is 2.72. The van der Waals surface area contributed by atoms with Crippen LogP contribution in [0.4, 0.5) is 0 Å². The first kappa shape index (κ1) is 18.0. The Bertz CT molecular complexity index is 539. The third kappa shape index (κ3) is 5.06. The number of amides is 1. The van der Waals surface area contributed by atoms with Crippen molar-refractivity contribution in [3.05, 3.63) is 29.3 Å². The summed E-state index contributed by atoms with van der Waals surface area (Å²) >= 11 is 0. The first-order valence-electron chi connectivity index (χ1n) is 7.50. The van der Waals surface area contributed by atoms with Crippen molar-refractivity contribution in [3.8, 4) is 5.75 Å². The lowest BCUT2D eigenvalue weighted by Gasteiger charge is -2.17. The predicted molar refractivity (Wildman–Crippen MR) is 85.2 cm³/mol. The van der Waals surface area contributed by atoms with Crippen LogP contribution in [0.5, 0.6) is 5.75 Å². The van der Waals surface area contributed by atoms with Gasteiger partial charge in [0.15, 0.2) is 6.10 Å². The second-order valence-corrected chi connectivity index (χ2v) is 5.92. The van der Waals surface area contributed by atoms with Crippen LogP contribution in [0, 0.1) is 12.8 Å². The van der Waals surface area contributed by atoms with E-state index in [9.17, 15) is 9.59 Å². The molecular weight excluding hydrogens is 282 g/mol. The van der Waals surface area contributed by atoms with Crippen LogP contribution in [0.3, 0.4) is 0 Å². The Morgan fingerprint density at radius 3 is 2.36 bits per heavy atom. The third-order valence-corrected chi connectivity index (χ3v) is 3.55. The van der Waals surface area contributed by atoms with Gasteiger partial charge in [-0.15, -0.1) is 0 Å². The molecule has 0 aliphatic heterocycles. The Labute approximate surface area is 131 Å². The summed E-state index contributed by atoms with van der Waals surface area (Å²) in [4.78, 5) is 22.6. The summed E-state index contributed by atoms with van der Waals surface area (Å²) in [6.07, 6.45) is -0.676. The van der Waals surface area contributed by atoms with Crippen molar-refractivity contribution in [2.75, 3.05) is 6.54 Å². The molecule has 1 rings (SSSR count). The fourth-order valence-corrected chi connectivity index (χ4v) is 2.11. The summed E-state index contributed by atoms with van der Waals surface area (Å²) in [5.74, 6) is -0.806. The molecule has 2 unspecified atom stereocenters. The highest BCUT2D eigenvalue weighted by molar-refractivity contribution is 5.81. The van der Waals surface area contributed by atoms with Crippen LogP contribution >= 0.6 is 0 Å². The van der Waals surface area contributed by atoms with Crippen LogP contribution in [0.15, 0.2) is 18.2 Å². The van der Waals surface area contributed by atoms with Crippen LogP contribution in [-0.4, -0.2) is 29.6 Å². The van der Waals surface area contributed by atoms with Crippen LogP contribution < -0.4 is 10.1 Å². The quantitative estimate of drug-likeness (QED) is 0.812. The van der Waals surface area contributed by atoms with E-state index in [0.29, 0.717) is 11.7 Å². The van der Waals surface area contributed by atoms with Gasteiger partial charge in [-0.2, -0.15) is 0 Å². The monoisotopic (exact) mass is 307 g/mol. The molecule has 0 aliphatic carbocycles. The molecule has 1 aromatic rings. The Balaban J connectivity index is 2.61. The van der Waals surface area contributed by atoms with Gasteiger partial charge in [-0.3, -0.25) is 9.59 Å². The number of hydrogen-bond acceptors (Lipinski definition) is 3. The summed E-state index contributed by atoms with van der Waals surface area (Å²) in [6, 6.07) is 5.78. The molecule has 2 N–H and O–H groups in total. The topological polar surface area (TPSA) is 75.6 Å². The van der Waals surface area contributed by atoms with Gasteiger partial charge in [-0.25, -0.2) is 0 Å². The highest BCUT2D eigenvalue weighted by atomic mass is 16.5. The molecule has 0 saturated carbocycles. The maximum atomic E-state index is 11.9. The molecule has 0 fully saturated rings. The number of carbonyl (C=O) groups excluding carboxylic acids is 1. The molecule has 122 valence electrons. The van der Waals surface area contributed by atoms with Gasteiger partial charge >= 0.3 is 5.97 Å². The minimum Gasteiger partial charge on any atom is -0.481 e. The molecule has 22 heavy (non-hydrogen) atoms. The number of aliphatic carboxylic acids is 1. The maximum Gasteiger partial charge on any atom is 0.308 e. The van der Waals surface area contributed by atoms with E-state index in [1.165, 1.54) is 5.56 Å². The summed E-state index contributed by atoms with van der Waals surface area (Å²) in [7, 11) is 0. The average Bonchev–Trinajstić information content (AvgIpc) is 2.43. The van der Waals surface area contributed by atoms with Gasteiger partial charge in [0.05, 0.1) is 5.92 Å². The summed E-state index contributed by atoms with van der Waals surface area (Å²) in [5, 5.41) is 11.4. The van der Waals surface area contributed by atoms with E-state index >= 15 is 0 Å². The van der Waals surface area contributed by atoms with Gasteiger partial charge in [0, 0.05) is 6.54 Å². The summed E-state index contributed by atoms with van der Waals surface area (Å²) < 4.78 is 5.62. The fraction of sp³-hybridized carbons (Fsp3) is 0.529. The van der Waals surface area contributed by atoms with E-state index in [0.717, 1.165) is 5.56 Å². The van der Waals surface area contributed by atoms with Gasteiger partial charge in [0.1, 0.15) is 5.75 Å². The zero-order chi connectivity index (χ0) is 16.9. The second-order valence-electron chi connectivity index (χ2n) is 5.92. The molecule has 1 amide bonds. The third-order valence-electron chi connectivity index (χ3n) is 3.55. The lowest BCUT2D eigenvalue weighted by Crippen LogP contribution is -2.39. The van der Waals surface area contributed by atoms with Gasteiger partial charge in [0.2, 0.25) is 0 Å². The normalized spacial score (nSPS) is 13.5. The first-order chi connectivity index (χ1) is 10.2. The highest BCUT2D eigenvalue weighted by Gasteiger charge is 2.18. The van der Waals surface area contributed by atoms with Crippen molar-refractivity contribution in [1.82, 2.24) is 5.32 Å². The van der Waals surface area contributed by atoms with Crippen molar-refractivity contribution in [3.63, 3.8) is 0 Å². The fourth-order valence-electron chi connectivity index (χ4n) is 2.11. The number of hydrogen-bond donors (Lipinski definition) is 2. The van der Waals surface area contributed by atoms with Crippen LogP contribution in [0.1, 0.15) is 44.7 Å². The van der Waals surface area contributed by atoms with E-state index in [2.05, 4.69) is 19.2 Å². The molecule has 0 aromatic heterocycles. The molecule has 0 aliphatic rings. The van der Waals surface area contributed by atoms with Crippen molar-refractivity contribution in [2.24, 2.45) is 5.92 Å². The molecule has 0 spiro atoms. The van der Waals surface area contributed by atoms with Gasteiger partial charge in [-0.1, -0.05) is 26.8 Å². The number of aryl methyl sites for hydroxylation is 1. The lowest BCUT2D eigenvalue weighted by atomic mass is 9.98. The molecule has 2 atom stereocenters. The van der Waals surface area contributed by atoms with Crippen molar-refractivity contribution < 1.29 is 19.4 Å². The number of nitrogens with one attached hydrogen (secondary N) is 1. The Morgan fingerprint density at radius 1 is 1.23 bits per heavy atom. The Hall–Kier alpha value is -2.04. The zero-order valence-electron chi connectivity index (χ0n) is 13.8. The largest absolute Gasteiger partial charge is 0.481 e. The number of benzene rings is 1. The SMILES string of the molecule is Cc1cc(OC(C)C(=O)NCC(C)C(=O)O)ccc1C(C)C. The highest BCUT2D eigenvalue weighted by Crippen LogP contribution is 2.24. The van der Waals surface area contributed by atoms with Crippen LogP contribution in [0.25, 0.3) is 0 Å². The first-order valence-corrected chi connectivity index (χ1v) is 7.50. The van der Waals surface area contributed by atoms with E-state index in [4.69, 9.17) is 9.84 Å². The lowest BCUT2D eigenvalue weighted by molar-refractivity contribution is -0.141. The van der Waals surface area contributed by atoms with Gasteiger partial charge in [-0.05, 0) is 43.0 Å². The minimum absolute atomic E-state index is 0.0905. The van der Waals surface area contributed by atoms with Gasteiger partial charge in [0.25, 0.3) is 5.91 Å². The number of carbonyl (C=O) groups is 2. The standard InChI is InChI=1S/C17H25NO4/c1-10(2)15-7-6-14(8-11(15)3)22-13(5)16(19)18-9-12(4)17(20)21/h6-8,10,12-13H,9H2,1-5H3,(H,18,19)(H,20,21). The van der Waals surface area contributed by atoms with E-state index in [1.807, 2.05) is 25.1 Å². The molecule has 0 saturated heterocycles. The second kappa shape index (κ2) is 7.82. The molecule has 5 nitrogen and oxygen atoms in total. The van der Waals surface area contributed by atoms with Gasteiger partial charge < -0.3 is 15.2 Å². The van der Waals surface area contributed by atoms with Crippen molar-refractivity contribution >= 4 is 11.9 Å². The summed E-state index contributed by atoms with van der Waals surface area (Å²) in [6.45, 7) is 9.55. The van der Waals surface area contributed by atoms with E-state index in [-0.39, 0.29) is 12.5 Å². The summed E-state index contributed by atoms with van der Waals surface area (Å²) in [5.41, 5.74) is 2.37. The minimum atomic E-state index is -0.936. The molecule has 1 aromatic carbocycles. The van der Waals surface area contributed by atoms with Crippen molar-refractivity contribution in [2.45, 2.75) is 46.6 Å². The molecule has 0 heterocycles. The zero-order valence-corrected chi connectivity index (χ0v) is 13.8. The molecule has 0 radical (unpaired) electrons. The van der Waals surface area contributed by atoms with Crippen LogP contribution in [0.2, 0.25) is 0 Å². The smallest absolute Gasteiger partial charge is 0.308 e. The van der Waals surface area contributed by atoms with E-state index < -0.39 is 18.0 Å². The van der Waals surface area contributed by atoms with E-state index in [1.54, 1.807) is 13.8 Å². The maximum absolute atomic E-state index is 11.9. The Kier molecular flexibility index (Phi) is 6.40. The number of rotatable bonds is 7. The number of ether oxygens (including phenoxy) is 1. The average molecular weight is 307 g/mol. The molecular formula is C17H25NO4. The Morgan fingerprint density at radius 2 is 1.86 bits per heavy atom. The number of carboxylic acid groups (broad SMARTS) is 1. The van der Waals surface area contributed by atoms with Crippen molar-refractivity contribution in [1.29, 1.82) is 0 Å². The number of carboxylic acids is 1. The molecule has 5 heteroatoms. The molecule has 0 bridgehead atoms. The van der Waals surface area contributed by atoms with Crippen LogP contribution in [-0.2, 0) is 9.59 Å².